The van der Waals surface area contributed by atoms with Crippen molar-refractivity contribution in [1.29, 1.82) is 0 Å². The Morgan fingerprint density at radius 2 is 1.96 bits per heavy atom. The Balaban J connectivity index is 1.95. The molecule has 0 aliphatic carbocycles. The average molecular weight is 311 g/mol. The number of carbonyl (C=O) groups excluding carboxylic acids is 1. The molecule has 3 aromatic rings. The van der Waals surface area contributed by atoms with Gasteiger partial charge < -0.3 is 10.2 Å². The van der Waals surface area contributed by atoms with Crippen LogP contribution < -0.4 is 5.73 Å². The first-order valence-corrected chi connectivity index (χ1v) is 6.90. The molecule has 0 spiro atoms. The van der Waals surface area contributed by atoms with Crippen molar-refractivity contribution in [3.63, 3.8) is 0 Å². The molecule has 0 bridgehead atoms. The summed E-state index contributed by atoms with van der Waals surface area (Å²) in [4.78, 5) is 25.8. The van der Waals surface area contributed by atoms with Crippen LogP contribution in [0.3, 0.4) is 0 Å². The number of primary amides is 1. The number of oxazole rings is 1. The highest BCUT2D eigenvalue weighted by Crippen LogP contribution is 2.28. The molecule has 1 atom stereocenters. The highest BCUT2D eigenvalue weighted by molar-refractivity contribution is 5.92. The fraction of sp³-hybridized carbons (Fsp3) is 0.125. The lowest BCUT2D eigenvalue weighted by atomic mass is 10.00. The maximum atomic E-state index is 11.1. The molecule has 0 saturated carbocycles. The van der Waals surface area contributed by atoms with Crippen LogP contribution in [0.5, 0.6) is 0 Å². The summed E-state index contributed by atoms with van der Waals surface area (Å²) in [6.45, 7) is 1.90. The molecule has 2 aromatic carbocycles. The zero-order valence-electron chi connectivity index (χ0n) is 12.2. The second-order valence-corrected chi connectivity index (χ2v) is 5.17. The quantitative estimate of drug-likeness (QED) is 0.588. The monoisotopic (exact) mass is 311 g/mol. The van der Waals surface area contributed by atoms with E-state index in [1.54, 1.807) is 24.3 Å². The molecule has 7 nitrogen and oxygen atoms in total. The van der Waals surface area contributed by atoms with Crippen LogP contribution in [-0.2, 0) is 0 Å². The van der Waals surface area contributed by atoms with E-state index in [1.807, 2.05) is 6.92 Å². The fourth-order valence-electron chi connectivity index (χ4n) is 2.31. The van der Waals surface area contributed by atoms with Gasteiger partial charge in [-0.2, -0.15) is 0 Å². The largest absolute Gasteiger partial charge is 0.440 e. The van der Waals surface area contributed by atoms with Crippen molar-refractivity contribution < 1.29 is 14.1 Å². The number of fused-ring (bicyclic) bond motifs is 1. The first kappa shape index (κ1) is 14.7. The van der Waals surface area contributed by atoms with Gasteiger partial charge in [-0.1, -0.05) is 12.1 Å². The lowest BCUT2D eigenvalue weighted by Gasteiger charge is -2.07. The minimum absolute atomic E-state index is 0.0317. The number of amides is 1. The summed E-state index contributed by atoms with van der Waals surface area (Å²) in [6.07, 6.45) is 0. The predicted molar refractivity (Wildman–Crippen MR) is 83.1 cm³/mol. The van der Waals surface area contributed by atoms with E-state index < -0.39 is 10.8 Å². The van der Waals surface area contributed by atoms with Crippen molar-refractivity contribution >= 4 is 22.7 Å². The molecule has 1 amide bonds. The Hall–Kier alpha value is -3.22. The van der Waals surface area contributed by atoms with E-state index in [-0.39, 0.29) is 11.6 Å². The van der Waals surface area contributed by atoms with E-state index in [1.165, 1.54) is 18.2 Å². The molecule has 0 aliphatic heterocycles. The summed E-state index contributed by atoms with van der Waals surface area (Å²) in [6, 6.07) is 11.1. The van der Waals surface area contributed by atoms with Crippen LogP contribution in [-0.4, -0.2) is 15.8 Å². The summed E-state index contributed by atoms with van der Waals surface area (Å²) >= 11 is 0. The Bertz CT molecular complexity index is 899. The summed E-state index contributed by atoms with van der Waals surface area (Å²) in [5.74, 6) is -0.200. The molecule has 0 fully saturated rings. The van der Waals surface area contributed by atoms with Gasteiger partial charge in [-0.3, -0.25) is 14.9 Å². The Morgan fingerprint density at radius 1 is 1.26 bits per heavy atom. The summed E-state index contributed by atoms with van der Waals surface area (Å²) < 4.78 is 5.67. The standard InChI is InChI=1S/C16H13N3O4/c1-9(10-2-4-11(5-3-10)15(17)20)16-18-13-8-12(19(21)22)6-7-14(13)23-16/h2-9H,1H3,(H2,17,20). The minimum Gasteiger partial charge on any atom is -0.440 e. The van der Waals surface area contributed by atoms with Crippen LogP contribution in [0.4, 0.5) is 5.69 Å². The first-order chi connectivity index (χ1) is 11.0. The van der Waals surface area contributed by atoms with Crippen molar-refractivity contribution in [2.45, 2.75) is 12.8 Å². The summed E-state index contributed by atoms with van der Waals surface area (Å²) in [7, 11) is 0. The van der Waals surface area contributed by atoms with Gasteiger partial charge in [0.05, 0.1) is 10.8 Å². The van der Waals surface area contributed by atoms with E-state index >= 15 is 0 Å². The summed E-state index contributed by atoms with van der Waals surface area (Å²) in [5.41, 5.74) is 7.44. The van der Waals surface area contributed by atoms with Crippen LogP contribution in [0, 0.1) is 10.1 Å². The van der Waals surface area contributed by atoms with Gasteiger partial charge in [0, 0.05) is 17.7 Å². The van der Waals surface area contributed by atoms with Gasteiger partial charge in [-0.25, -0.2) is 4.98 Å². The Kier molecular flexibility index (Phi) is 3.53. The van der Waals surface area contributed by atoms with Crippen molar-refractivity contribution in [2.24, 2.45) is 5.73 Å². The van der Waals surface area contributed by atoms with E-state index in [2.05, 4.69) is 4.98 Å². The van der Waals surface area contributed by atoms with Crippen molar-refractivity contribution in [3.05, 3.63) is 69.6 Å². The number of non-ortho nitro benzene ring substituents is 1. The van der Waals surface area contributed by atoms with Crippen LogP contribution in [0.25, 0.3) is 11.1 Å². The molecule has 3 rings (SSSR count). The number of hydrogen-bond donors (Lipinski definition) is 1. The first-order valence-electron chi connectivity index (χ1n) is 6.90. The number of nitro groups is 1. The lowest BCUT2D eigenvalue weighted by Crippen LogP contribution is -2.10. The third-order valence-corrected chi connectivity index (χ3v) is 3.66. The molecule has 7 heteroatoms. The second-order valence-electron chi connectivity index (χ2n) is 5.17. The molecular weight excluding hydrogens is 298 g/mol. The molecule has 2 N–H and O–H groups in total. The minimum atomic E-state index is -0.488. The maximum absolute atomic E-state index is 11.1. The second kappa shape index (κ2) is 5.53. The van der Waals surface area contributed by atoms with Crippen LogP contribution in [0.15, 0.2) is 46.9 Å². The van der Waals surface area contributed by atoms with E-state index in [4.69, 9.17) is 10.2 Å². The SMILES string of the molecule is CC(c1ccc(C(N)=O)cc1)c1nc2cc([N+](=O)[O-])ccc2o1. The molecule has 1 heterocycles. The molecule has 0 radical (unpaired) electrons. The zero-order valence-corrected chi connectivity index (χ0v) is 12.2. The molecule has 0 saturated heterocycles. The maximum Gasteiger partial charge on any atom is 0.271 e. The average Bonchev–Trinajstić information content (AvgIpc) is 2.97. The highest BCUT2D eigenvalue weighted by atomic mass is 16.6. The summed E-state index contributed by atoms with van der Waals surface area (Å²) in [5, 5.41) is 10.8. The highest BCUT2D eigenvalue weighted by Gasteiger charge is 2.17. The number of benzene rings is 2. The number of rotatable bonds is 4. The van der Waals surface area contributed by atoms with Gasteiger partial charge in [0.2, 0.25) is 11.8 Å². The van der Waals surface area contributed by atoms with Crippen LogP contribution in [0.1, 0.15) is 34.7 Å². The fourth-order valence-corrected chi connectivity index (χ4v) is 2.31. The van der Waals surface area contributed by atoms with E-state index in [0.717, 1.165) is 5.56 Å². The van der Waals surface area contributed by atoms with Gasteiger partial charge in [-0.05, 0) is 30.7 Å². The third-order valence-electron chi connectivity index (χ3n) is 3.66. The van der Waals surface area contributed by atoms with Gasteiger partial charge in [0.25, 0.3) is 5.69 Å². The van der Waals surface area contributed by atoms with Gasteiger partial charge in [-0.15, -0.1) is 0 Å². The topological polar surface area (TPSA) is 112 Å². The molecular formula is C16H13N3O4. The molecule has 116 valence electrons. The normalized spacial score (nSPS) is 12.2. The van der Waals surface area contributed by atoms with Gasteiger partial charge >= 0.3 is 0 Å². The number of carbonyl (C=O) groups is 1. The van der Waals surface area contributed by atoms with Crippen molar-refractivity contribution in [1.82, 2.24) is 4.98 Å². The zero-order chi connectivity index (χ0) is 16.6. The number of hydrogen-bond acceptors (Lipinski definition) is 5. The van der Waals surface area contributed by atoms with Gasteiger partial charge in [0.1, 0.15) is 5.52 Å². The lowest BCUT2D eigenvalue weighted by molar-refractivity contribution is -0.384. The predicted octanol–water partition coefficient (Wildman–Crippen LogP) is 2.99. The van der Waals surface area contributed by atoms with Crippen LogP contribution in [0.2, 0.25) is 0 Å². The Labute approximate surface area is 130 Å². The number of aromatic nitrogens is 1. The van der Waals surface area contributed by atoms with Crippen molar-refractivity contribution in [3.8, 4) is 0 Å². The molecule has 1 aromatic heterocycles. The molecule has 1 unspecified atom stereocenters. The third kappa shape index (κ3) is 2.76. The van der Waals surface area contributed by atoms with E-state index in [0.29, 0.717) is 22.6 Å². The van der Waals surface area contributed by atoms with Crippen molar-refractivity contribution in [2.75, 3.05) is 0 Å². The number of nitro benzene ring substituents is 1. The van der Waals surface area contributed by atoms with Gasteiger partial charge in [0.15, 0.2) is 5.58 Å². The molecule has 0 aliphatic rings. The Morgan fingerprint density at radius 3 is 2.57 bits per heavy atom. The number of nitrogens with zero attached hydrogens (tertiary/aromatic N) is 2. The van der Waals surface area contributed by atoms with Crippen LogP contribution >= 0.6 is 0 Å². The smallest absolute Gasteiger partial charge is 0.271 e. The van der Waals surface area contributed by atoms with E-state index in [9.17, 15) is 14.9 Å². The number of nitrogens with two attached hydrogens (primary N) is 1. The molecule has 23 heavy (non-hydrogen) atoms.